The lowest BCUT2D eigenvalue weighted by Gasteiger charge is -2.09. The standard InChI is InChI=1S/C15H12ClFN2O2/c1-18-14(20)9-4-2-5-10(8-9)19-15(21)13-11(16)6-3-7-12(13)17/h2-8H,1H3,(H,18,20)(H,19,21). The van der Waals surface area contributed by atoms with Gasteiger partial charge in [0.05, 0.1) is 10.6 Å². The van der Waals surface area contributed by atoms with E-state index in [9.17, 15) is 14.0 Å². The largest absolute Gasteiger partial charge is 0.355 e. The van der Waals surface area contributed by atoms with Crippen LogP contribution in [0.1, 0.15) is 20.7 Å². The highest BCUT2D eigenvalue weighted by atomic mass is 35.5. The molecule has 2 amide bonds. The maximum atomic E-state index is 13.7. The van der Waals surface area contributed by atoms with Gasteiger partial charge in [-0.2, -0.15) is 0 Å². The van der Waals surface area contributed by atoms with Gasteiger partial charge < -0.3 is 10.6 Å². The maximum absolute atomic E-state index is 13.7. The molecule has 0 saturated heterocycles. The SMILES string of the molecule is CNC(=O)c1cccc(NC(=O)c2c(F)cccc2Cl)c1. The Kier molecular flexibility index (Phi) is 4.55. The van der Waals surface area contributed by atoms with Gasteiger partial charge >= 0.3 is 0 Å². The third-order valence-corrected chi connectivity index (χ3v) is 3.11. The predicted molar refractivity (Wildman–Crippen MR) is 79.2 cm³/mol. The highest BCUT2D eigenvalue weighted by Crippen LogP contribution is 2.21. The molecule has 108 valence electrons. The van der Waals surface area contributed by atoms with Crippen molar-refractivity contribution in [1.82, 2.24) is 5.32 Å². The van der Waals surface area contributed by atoms with Crippen molar-refractivity contribution in [2.45, 2.75) is 0 Å². The molecule has 2 rings (SSSR count). The summed E-state index contributed by atoms with van der Waals surface area (Å²) in [4.78, 5) is 23.6. The molecule has 0 aliphatic heterocycles. The van der Waals surface area contributed by atoms with Gasteiger partial charge in [0.15, 0.2) is 0 Å². The lowest BCUT2D eigenvalue weighted by molar-refractivity contribution is 0.0961. The summed E-state index contributed by atoms with van der Waals surface area (Å²) in [5.74, 6) is -1.66. The van der Waals surface area contributed by atoms with E-state index in [0.29, 0.717) is 11.3 Å². The summed E-state index contributed by atoms with van der Waals surface area (Å²) < 4.78 is 13.7. The van der Waals surface area contributed by atoms with Crippen LogP contribution in [0.3, 0.4) is 0 Å². The van der Waals surface area contributed by atoms with Crippen molar-refractivity contribution in [3.05, 3.63) is 64.4 Å². The molecule has 21 heavy (non-hydrogen) atoms. The molecule has 0 heterocycles. The molecular formula is C15H12ClFN2O2. The van der Waals surface area contributed by atoms with Crippen LogP contribution >= 0.6 is 11.6 Å². The minimum Gasteiger partial charge on any atom is -0.355 e. The van der Waals surface area contributed by atoms with Gasteiger partial charge in [-0.05, 0) is 30.3 Å². The number of rotatable bonds is 3. The Balaban J connectivity index is 2.26. The number of nitrogens with one attached hydrogen (secondary N) is 2. The Morgan fingerprint density at radius 2 is 1.81 bits per heavy atom. The first kappa shape index (κ1) is 15.0. The van der Waals surface area contributed by atoms with Crippen molar-refractivity contribution in [1.29, 1.82) is 0 Å². The van der Waals surface area contributed by atoms with Crippen molar-refractivity contribution >= 4 is 29.1 Å². The molecule has 0 aliphatic carbocycles. The van der Waals surface area contributed by atoms with E-state index >= 15 is 0 Å². The number of carbonyl (C=O) groups excluding carboxylic acids is 2. The smallest absolute Gasteiger partial charge is 0.260 e. The minimum atomic E-state index is -0.706. The zero-order valence-corrected chi connectivity index (χ0v) is 11.9. The van der Waals surface area contributed by atoms with Gasteiger partial charge in [-0.1, -0.05) is 23.7 Å². The van der Waals surface area contributed by atoms with Gasteiger partial charge in [0.25, 0.3) is 11.8 Å². The summed E-state index contributed by atoms with van der Waals surface area (Å²) in [6.07, 6.45) is 0. The summed E-state index contributed by atoms with van der Waals surface area (Å²) >= 11 is 5.83. The monoisotopic (exact) mass is 306 g/mol. The molecule has 0 bridgehead atoms. The second-order valence-corrected chi connectivity index (χ2v) is 4.62. The van der Waals surface area contributed by atoms with E-state index < -0.39 is 11.7 Å². The lowest BCUT2D eigenvalue weighted by atomic mass is 10.1. The summed E-state index contributed by atoms with van der Waals surface area (Å²) in [7, 11) is 1.51. The first-order valence-corrected chi connectivity index (χ1v) is 6.48. The second-order valence-electron chi connectivity index (χ2n) is 4.21. The molecule has 0 saturated carbocycles. The van der Waals surface area contributed by atoms with E-state index in [1.165, 1.54) is 25.2 Å². The van der Waals surface area contributed by atoms with Crippen LogP contribution in [0.25, 0.3) is 0 Å². The third-order valence-electron chi connectivity index (χ3n) is 2.80. The van der Waals surface area contributed by atoms with Crippen LogP contribution in [0.15, 0.2) is 42.5 Å². The van der Waals surface area contributed by atoms with Crippen LogP contribution in [0.2, 0.25) is 5.02 Å². The van der Waals surface area contributed by atoms with Crippen LogP contribution in [-0.2, 0) is 0 Å². The molecule has 0 radical (unpaired) electrons. The molecule has 0 spiro atoms. The summed E-state index contributed by atoms with van der Waals surface area (Å²) in [6.45, 7) is 0. The second kappa shape index (κ2) is 6.37. The molecule has 4 nitrogen and oxygen atoms in total. The maximum Gasteiger partial charge on any atom is 0.260 e. The normalized spacial score (nSPS) is 10.0. The molecule has 2 aromatic rings. The Hall–Kier alpha value is -2.40. The van der Waals surface area contributed by atoms with E-state index in [0.717, 1.165) is 6.07 Å². The van der Waals surface area contributed by atoms with Gasteiger partial charge in [-0.15, -0.1) is 0 Å². The fraction of sp³-hybridized carbons (Fsp3) is 0.0667. The third kappa shape index (κ3) is 3.38. The van der Waals surface area contributed by atoms with Crippen molar-refractivity contribution in [2.75, 3.05) is 12.4 Å². The van der Waals surface area contributed by atoms with Crippen LogP contribution in [0.4, 0.5) is 10.1 Å². The summed E-state index contributed by atoms with van der Waals surface area (Å²) in [5, 5.41) is 5.02. The van der Waals surface area contributed by atoms with Crippen LogP contribution in [0, 0.1) is 5.82 Å². The number of amides is 2. The summed E-state index contributed by atoms with van der Waals surface area (Å²) in [6, 6.07) is 10.3. The Labute approximate surface area is 125 Å². The molecule has 0 aromatic heterocycles. The quantitative estimate of drug-likeness (QED) is 0.915. The van der Waals surface area contributed by atoms with Gasteiger partial charge in [-0.3, -0.25) is 9.59 Å². The molecule has 2 aromatic carbocycles. The highest BCUT2D eigenvalue weighted by molar-refractivity contribution is 6.34. The predicted octanol–water partition coefficient (Wildman–Crippen LogP) is 3.09. The molecule has 2 N–H and O–H groups in total. The number of hydrogen-bond donors (Lipinski definition) is 2. The number of carbonyl (C=O) groups is 2. The molecule has 0 fully saturated rings. The molecular weight excluding hydrogens is 295 g/mol. The van der Waals surface area contributed by atoms with Crippen LogP contribution in [-0.4, -0.2) is 18.9 Å². The molecule has 0 aliphatic rings. The number of halogens is 2. The number of anilines is 1. The number of benzene rings is 2. The van der Waals surface area contributed by atoms with Crippen molar-refractivity contribution in [3.63, 3.8) is 0 Å². The van der Waals surface area contributed by atoms with Crippen molar-refractivity contribution in [2.24, 2.45) is 0 Å². The van der Waals surface area contributed by atoms with Crippen molar-refractivity contribution in [3.8, 4) is 0 Å². The highest BCUT2D eigenvalue weighted by Gasteiger charge is 2.16. The Morgan fingerprint density at radius 3 is 2.48 bits per heavy atom. The van der Waals surface area contributed by atoms with Gasteiger partial charge in [0, 0.05) is 18.3 Å². The Bertz CT molecular complexity index is 684. The topological polar surface area (TPSA) is 58.2 Å². The Morgan fingerprint density at radius 1 is 1.10 bits per heavy atom. The van der Waals surface area contributed by atoms with Gasteiger partial charge in [0.1, 0.15) is 5.82 Å². The number of hydrogen-bond acceptors (Lipinski definition) is 2. The van der Waals surface area contributed by atoms with Gasteiger partial charge in [-0.25, -0.2) is 4.39 Å². The van der Waals surface area contributed by atoms with Crippen LogP contribution in [0.5, 0.6) is 0 Å². The molecule has 0 unspecified atom stereocenters. The first-order valence-electron chi connectivity index (χ1n) is 6.10. The van der Waals surface area contributed by atoms with E-state index in [-0.39, 0.29) is 16.5 Å². The van der Waals surface area contributed by atoms with E-state index in [2.05, 4.69) is 10.6 Å². The fourth-order valence-electron chi connectivity index (χ4n) is 1.79. The van der Waals surface area contributed by atoms with E-state index in [4.69, 9.17) is 11.6 Å². The lowest BCUT2D eigenvalue weighted by Crippen LogP contribution is -2.19. The first-order chi connectivity index (χ1) is 10.0. The minimum absolute atomic E-state index is 0.0231. The van der Waals surface area contributed by atoms with E-state index in [1.54, 1.807) is 18.2 Å². The zero-order chi connectivity index (χ0) is 15.4. The van der Waals surface area contributed by atoms with Gasteiger partial charge in [0.2, 0.25) is 0 Å². The summed E-state index contributed by atoms with van der Waals surface area (Å²) in [5.41, 5.74) is 0.528. The van der Waals surface area contributed by atoms with Crippen LogP contribution < -0.4 is 10.6 Å². The molecule has 6 heteroatoms. The average molecular weight is 307 g/mol. The van der Waals surface area contributed by atoms with Crippen molar-refractivity contribution < 1.29 is 14.0 Å². The zero-order valence-electron chi connectivity index (χ0n) is 11.1. The fourth-order valence-corrected chi connectivity index (χ4v) is 2.04. The van der Waals surface area contributed by atoms with E-state index in [1.807, 2.05) is 0 Å². The average Bonchev–Trinajstić information content (AvgIpc) is 2.46. The molecule has 0 atom stereocenters.